The highest BCUT2D eigenvalue weighted by Gasteiger charge is 2.36. The van der Waals surface area contributed by atoms with Crippen LogP contribution in [0.5, 0.6) is 0 Å². The summed E-state index contributed by atoms with van der Waals surface area (Å²) in [6, 6.07) is 5.76. The van der Waals surface area contributed by atoms with Crippen molar-refractivity contribution in [1.29, 1.82) is 0 Å². The number of ether oxygens (including phenoxy) is 1. The van der Waals surface area contributed by atoms with Crippen LogP contribution in [0.4, 0.5) is 23.2 Å². The number of carbonyl (C=O) groups excluding carboxylic acids is 1. The number of carbonyl (C=O) groups is 1. The first-order chi connectivity index (χ1) is 15.8. The number of alkyl halides is 3. The monoisotopic (exact) mass is 503 g/mol. The van der Waals surface area contributed by atoms with Gasteiger partial charge in [-0.25, -0.2) is 17.8 Å². The average Bonchev–Trinajstić information content (AvgIpc) is 2.70. The van der Waals surface area contributed by atoms with Crippen molar-refractivity contribution < 1.29 is 35.5 Å². The maximum Gasteiger partial charge on any atom is 0.433 e. The summed E-state index contributed by atoms with van der Waals surface area (Å²) >= 11 is 0. The zero-order valence-corrected chi connectivity index (χ0v) is 19.6. The molecule has 0 radical (unpaired) electrons. The number of rotatable bonds is 8. The van der Waals surface area contributed by atoms with Gasteiger partial charge < -0.3 is 10.1 Å². The summed E-state index contributed by atoms with van der Waals surface area (Å²) in [7, 11) is -2.37. The van der Waals surface area contributed by atoms with Crippen molar-refractivity contribution in [2.45, 2.75) is 50.4 Å². The van der Waals surface area contributed by atoms with Gasteiger partial charge in [-0.05, 0) is 43.5 Å². The number of methoxy groups -OCH3 is 1. The van der Waals surface area contributed by atoms with Gasteiger partial charge in [0.05, 0.1) is 23.6 Å². The standard InChI is InChI=1S/C22H25F4N3O4S/c1-12(14-7-9-17(16(23)11-14)29-34(3,31)32)20(30)28-21(33-2)15-8-10-18(22(24,25)26)27-19(15)13-5-4-6-13/h7-13,21,29H,4-6H2,1-3H3,(H,28,30). The van der Waals surface area contributed by atoms with Crippen molar-refractivity contribution in [2.24, 2.45) is 0 Å². The van der Waals surface area contributed by atoms with E-state index >= 15 is 0 Å². The van der Waals surface area contributed by atoms with Crippen molar-refractivity contribution >= 4 is 21.6 Å². The van der Waals surface area contributed by atoms with E-state index in [1.807, 2.05) is 4.72 Å². The molecule has 1 heterocycles. The lowest BCUT2D eigenvalue weighted by Crippen LogP contribution is -2.34. The SMILES string of the molecule is COC(NC(=O)C(C)c1ccc(NS(C)(=O)=O)c(F)c1)c1ccc(C(F)(F)F)nc1C1CCC1. The predicted octanol–water partition coefficient (Wildman–Crippen LogP) is 4.44. The van der Waals surface area contributed by atoms with Crippen LogP contribution in [0.25, 0.3) is 0 Å². The topological polar surface area (TPSA) is 97.4 Å². The molecule has 1 aliphatic carbocycles. The Morgan fingerprint density at radius 1 is 1.21 bits per heavy atom. The van der Waals surface area contributed by atoms with E-state index in [2.05, 4.69) is 10.3 Å². The minimum atomic E-state index is -4.60. The maximum atomic E-state index is 14.3. The second-order valence-corrected chi connectivity index (χ2v) is 10.0. The van der Waals surface area contributed by atoms with Gasteiger partial charge in [-0.3, -0.25) is 9.52 Å². The summed E-state index contributed by atoms with van der Waals surface area (Å²) in [5, 5.41) is 2.64. The van der Waals surface area contributed by atoms with Gasteiger partial charge in [-0.15, -0.1) is 0 Å². The van der Waals surface area contributed by atoms with Crippen molar-refractivity contribution in [3.63, 3.8) is 0 Å². The Hall–Kier alpha value is -2.73. The minimum absolute atomic E-state index is 0.159. The third kappa shape index (κ3) is 6.03. The molecule has 2 atom stereocenters. The molecule has 3 rings (SSSR count). The van der Waals surface area contributed by atoms with Crippen LogP contribution >= 0.6 is 0 Å². The molecule has 1 aromatic carbocycles. The predicted molar refractivity (Wildman–Crippen MR) is 117 cm³/mol. The summed E-state index contributed by atoms with van der Waals surface area (Å²) in [5.74, 6) is -2.44. The van der Waals surface area contributed by atoms with Crippen LogP contribution in [0.2, 0.25) is 0 Å². The van der Waals surface area contributed by atoms with Crippen LogP contribution in [0.3, 0.4) is 0 Å². The van der Waals surface area contributed by atoms with Gasteiger partial charge in [0.15, 0.2) is 6.23 Å². The molecule has 1 aliphatic rings. The third-order valence-electron chi connectivity index (χ3n) is 5.71. The molecule has 1 fully saturated rings. The second kappa shape index (κ2) is 9.87. The quantitative estimate of drug-likeness (QED) is 0.410. The Labute approximate surface area is 195 Å². The van der Waals surface area contributed by atoms with Gasteiger partial charge in [0.25, 0.3) is 0 Å². The number of hydrogen-bond acceptors (Lipinski definition) is 5. The number of benzene rings is 1. The fraction of sp³-hybridized carbons (Fsp3) is 0.455. The van der Waals surface area contributed by atoms with Crippen LogP contribution in [-0.2, 0) is 25.7 Å². The van der Waals surface area contributed by atoms with Crippen LogP contribution in [0, 0.1) is 5.82 Å². The molecule has 0 aliphatic heterocycles. The molecule has 1 amide bonds. The molecule has 2 N–H and O–H groups in total. The van der Waals surface area contributed by atoms with E-state index in [4.69, 9.17) is 4.74 Å². The minimum Gasteiger partial charge on any atom is -0.357 e. The van der Waals surface area contributed by atoms with Crippen LogP contribution in [-0.4, -0.2) is 32.7 Å². The van der Waals surface area contributed by atoms with Gasteiger partial charge in [0.1, 0.15) is 11.5 Å². The summed E-state index contributed by atoms with van der Waals surface area (Å²) < 4.78 is 84.0. The highest BCUT2D eigenvalue weighted by Crippen LogP contribution is 2.40. The van der Waals surface area contributed by atoms with E-state index in [0.717, 1.165) is 24.8 Å². The molecular formula is C22H25F4N3O4S. The van der Waals surface area contributed by atoms with Crippen LogP contribution in [0.15, 0.2) is 30.3 Å². The average molecular weight is 504 g/mol. The summed E-state index contributed by atoms with van der Waals surface area (Å²) in [6.45, 7) is 1.51. The van der Waals surface area contributed by atoms with Crippen LogP contribution in [0.1, 0.15) is 66.8 Å². The largest absolute Gasteiger partial charge is 0.433 e. The second-order valence-electron chi connectivity index (χ2n) is 8.26. The Bertz CT molecular complexity index is 1170. The van der Waals surface area contributed by atoms with E-state index in [1.54, 1.807) is 0 Å². The molecule has 7 nitrogen and oxygen atoms in total. The van der Waals surface area contributed by atoms with E-state index in [9.17, 15) is 30.8 Å². The Morgan fingerprint density at radius 2 is 1.88 bits per heavy atom. The van der Waals surface area contributed by atoms with Crippen molar-refractivity contribution in [3.8, 4) is 0 Å². The fourth-order valence-electron chi connectivity index (χ4n) is 3.63. The van der Waals surface area contributed by atoms with Gasteiger partial charge >= 0.3 is 6.18 Å². The number of hydrogen-bond donors (Lipinski definition) is 2. The first-order valence-electron chi connectivity index (χ1n) is 10.5. The zero-order chi connectivity index (χ0) is 25.3. The number of nitrogens with zero attached hydrogens (tertiary/aromatic N) is 1. The maximum absolute atomic E-state index is 14.3. The molecule has 186 valence electrons. The highest BCUT2D eigenvalue weighted by atomic mass is 32.2. The molecule has 2 aromatic rings. The summed E-state index contributed by atoms with van der Waals surface area (Å²) in [6.07, 6.45) is -2.52. The smallest absolute Gasteiger partial charge is 0.357 e. The van der Waals surface area contributed by atoms with Gasteiger partial charge in [0.2, 0.25) is 15.9 Å². The number of nitrogens with one attached hydrogen (secondary N) is 2. The van der Waals surface area contributed by atoms with E-state index < -0.39 is 45.8 Å². The van der Waals surface area contributed by atoms with Crippen molar-refractivity contribution in [2.75, 3.05) is 18.1 Å². The Morgan fingerprint density at radius 3 is 2.38 bits per heavy atom. The molecule has 34 heavy (non-hydrogen) atoms. The number of amides is 1. The lowest BCUT2D eigenvalue weighted by Gasteiger charge is -2.30. The van der Waals surface area contributed by atoms with Gasteiger partial charge in [-0.2, -0.15) is 13.2 Å². The van der Waals surface area contributed by atoms with Gasteiger partial charge in [-0.1, -0.05) is 18.6 Å². The zero-order valence-electron chi connectivity index (χ0n) is 18.7. The lowest BCUT2D eigenvalue weighted by atomic mass is 9.80. The molecule has 12 heteroatoms. The molecular weight excluding hydrogens is 478 g/mol. The number of pyridine rings is 1. The summed E-state index contributed by atoms with van der Waals surface area (Å²) in [5.41, 5.74) is -0.419. The number of aromatic nitrogens is 1. The molecule has 0 saturated heterocycles. The van der Waals surface area contributed by atoms with E-state index in [-0.39, 0.29) is 22.9 Å². The van der Waals surface area contributed by atoms with Gasteiger partial charge in [0, 0.05) is 18.6 Å². The lowest BCUT2D eigenvalue weighted by molar-refractivity contribution is -0.141. The molecule has 0 spiro atoms. The third-order valence-corrected chi connectivity index (χ3v) is 6.30. The van der Waals surface area contributed by atoms with E-state index in [1.165, 1.54) is 32.2 Å². The Kier molecular flexibility index (Phi) is 7.51. The number of sulfonamides is 1. The normalized spacial score (nSPS) is 16.4. The first-order valence-corrected chi connectivity index (χ1v) is 12.4. The first kappa shape index (κ1) is 25.9. The van der Waals surface area contributed by atoms with E-state index in [0.29, 0.717) is 18.4 Å². The number of halogens is 4. The Balaban J connectivity index is 1.82. The molecule has 2 unspecified atom stereocenters. The van der Waals surface area contributed by atoms with Crippen molar-refractivity contribution in [3.05, 3.63) is 58.7 Å². The van der Waals surface area contributed by atoms with Crippen molar-refractivity contribution in [1.82, 2.24) is 10.3 Å². The number of anilines is 1. The summed E-state index contributed by atoms with van der Waals surface area (Å²) in [4.78, 5) is 16.7. The molecule has 1 aromatic heterocycles. The fourth-order valence-corrected chi connectivity index (χ4v) is 4.19. The van der Waals surface area contributed by atoms with Crippen LogP contribution < -0.4 is 10.0 Å². The highest BCUT2D eigenvalue weighted by molar-refractivity contribution is 7.92. The molecule has 1 saturated carbocycles. The molecule has 0 bridgehead atoms.